The lowest BCUT2D eigenvalue weighted by Crippen LogP contribution is -2.10. The topological polar surface area (TPSA) is 46.2 Å². The molecule has 5 heteroatoms. The van der Waals surface area contributed by atoms with Crippen LogP contribution in [0.25, 0.3) is 0 Å². The summed E-state index contributed by atoms with van der Waals surface area (Å²) in [5.41, 5.74) is 0.686. The Labute approximate surface area is 112 Å². The molecule has 17 heavy (non-hydrogen) atoms. The molecule has 1 unspecified atom stereocenters. The zero-order valence-corrected chi connectivity index (χ0v) is 12.5. The summed E-state index contributed by atoms with van der Waals surface area (Å²) in [6.45, 7) is 2.88. The Morgan fingerprint density at radius 1 is 1.35 bits per heavy atom. The zero-order valence-electron chi connectivity index (χ0n) is 10.1. The SMILES string of the molecule is CCC(Br)CCNc1ccccc1S(C)(=O)=O. The van der Waals surface area contributed by atoms with E-state index in [4.69, 9.17) is 0 Å². The summed E-state index contributed by atoms with van der Waals surface area (Å²) in [6, 6.07) is 7.00. The highest BCUT2D eigenvalue weighted by atomic mass is 79.9. The fourth-order valence-corrected chi connectivity index (χ4v) is 2.60. The molecule has 0 radical (unpaired) electrons. The van der Waals surface area contributed by atoms with Crippen LogP contribution in [0.4, 0.5) is 5.69 Å². The van der Waals surface area contributed by atoms with Gasteiger partial charge in [-0.25, -0.2) is 8.42 Å². The molecular formula is C12H18BrNO2S. The molecule has 0 aliphatic carbocycles. The van der Waals surface area contributed by atoms with Crippen molar-refractivity contribution in [2.24, 2.45) is 0 Å². The third kappa shape index (κ3) is 4.68. The van der Waals surface area contributed by atoms with Crippen molar-refractivity contribution in [1.82, 2.24) is 0 Å². The first kappa shape index (κ1) is 14.5. The van der Waals surface area contributed by atoms with Crippen LogP contribution in [0.1, 0.15) is 19.8 Å². The second-order valence-corrected chi connectivity index (χ2v) is 7.27. The van der Waals surface area contributed by atoms with Crippen LogP contribution in [0.3, 0.4) is 0 Å². The number of nitrogens with one attached hydrogen (secondary N) is 1. The van der Waals surface area contributed by atoms with Gasteiger partial charge in [-0.05, 0) is 25.0 Å². The lowest BCUT2D eigenvalue weighted by Gasteiger charge is -2.12. The van der Waals surface area contributed by atoms with E-state index in [1.54, 1.807) is 18.2 Å². The van der Waals surface area contributed by atoms with Gasteiger partial charge in [0.25, 0.3) is 0 Å². The summed E-state index contributed by atoms with van der Waals surface area (Å²) in [5, 5.41) is 3.18. The van der Waals surface area contributed by atoms with Gasteiger partial charge in [-0.3, -0.25) is 0 Å². The molecule has 1 aromatic rings. The monoisotopic (exact) mass is 319 g/mol. The van der Waals surface area contributed by atoms with Crippen molar-refractivity contribution in [2.45, 2.75) is 29.5 Å². The second kappa shape index (κ2) is 6.40. The number of hydrogen-bond acceptors (Lipinski definition) is 3. The number of sulfone groups is 1. The van der Waals surface area contributed by atoms with Crippen LogP contribution in [0.5, 0.6) is 0 Å². The quantitative estimate of drug-likeness (QED) is 0.820. The maximum absolute atomic E-state index is 11.6. The lowest BCUT2D eigenvalue weighted by molar-refractivity contribution is 0.602. The molecule has 0 spiro atoms. The van der Waals surface area contributed by atoms with Crippen molar-refractivity contribution >= 4 is 31.5 Å². The van der Waals surface area contributed by atoms with Gasteiger partial charge in [0.2, 0.25) is 0 Å². The maximum atomic E-state index is 11.6. The first-order valence-electron chi connectivity index (χ1n) is 5.62. The number of halogens is 1. The maximum Gasteiger partial charge on any atom is 0.177 e. The Balaban J connectivity index is 2.72. The van der Waals surface area contributed by atoms with Crippen molar-refractivity contribution in [3.05, 3.63) is 24.3 Å². The normalized spacial score (nSPS) is 13.4. The van der Waals surface area contributed by atoms with E-state index in [2.05, 4.69) is 28.2 Å². The van der Waals surface area contributed by atoms with Gasteiger partial charge in [-0.15, -0.1) is 0 Å². The second-order valence-electron chi connectivity index (χ2n) is 3.99. The first-order chi connectivity index (χ1) is 7.95. The van der Waals surface area contributed by atoms with Crippen LogP contribution < -0.4 is 5.32 Å². The molecule has 96 valence electrons. The third-order valence-corrected chi connectivity index (χ3v) is 4.76. The largest absolute Gasteiger partial charge is 0.384 e. The van der Waals surface area contributed by atoms with Crippen molar-refractivity contribution in [1.29, 1.82) is 0 Å². The molecule has 3 nitrogen and oxygen atoms in total. The summed E-state index contributed by atoms with van der Waals surface area (Å²) >= 11 is 3.55. The lowest BCUT2D eigenvalue weighted by atomic mass is 10.2. The van der Waals surface area contributed by atoms with E-state index in [0.29, 0.717) is 15.4 Å². The summed E-state index contributed by atoms with van der Waals surface area (Å²) in [6.07, 6.45) is 3.26. The van der Waals surface area contributed by atoms with Gasteiger partial charge in [0.05, 0.1) is 10.6 Å². The molecule has 1 rings (SSSR count). The van der Waals surface area contributed by atoms with Crippen LogP contribution in [0.15, 0.2) is 29.2 Å². The highest BCUT2D eigenvalue weighted by Gasteiger charge is 2.12. The van der Waals surface area contributed by atoms with E-state index < -0.39 is 9.84 Å². The summed E-state index contributed by atoms with van der Waals surface area (Å²) in [4.78, 5) is 0.836. The number of alkyl halides is 1. The fraction of sp³-hybridized carbons (Fsp3) is 0.500. The average Bonchev–Trinajstić information content (AvgIpc) is 2.28. The molecule has 0 amide bonds. The van der Waals surface area contributed by atoms with E-state index in [0.717, 1.165) is 19.4 Å². The Hall–Kier alpha value is -0.550. The zero-order chi connectivity index (χ0) is 12.9. The highest BCUT2D eigenvalue weighted by Crippen LogP contribution is 2.21. The number of benzene rings is 1. The predicted molar refractivity (Wildman–Crippen MR) is 75.7 cm³/mol. The molecule has 0 aliphatic heterocycles. The van der Waals surface area contributed by atoms with E-state index >= 15 is 0 Å². The third-order valence-electron chi connectivity index (χ3n) is 2.50. The minimum Gasteiger partial charge on any atom is -0.384 e. The van der Waals surface area contributed by atoms with Crippen LogP contribution in [0.2, 0.25) is 0 Å². The van der Waals surface area contributed by atoms with E-state index in [1.807, 2.05) is 6.07 Å². The van der Waals surface area contributed by atoms with Crippen molar-refractivity contribution in [3.8, 4) is 0 Å². The van der Waals surface area contributed by atoms with Crippen LogP contribution in [0, 0.1) is 0 Å². The van der Waals surface area contributed by atoms with Crippen LogP contribution >= 0.6 is 15.9 Å². The van der Waals surface area contributed by atoms with Crippen LogP contribution in [-0.2, 0) is 9.84 Å². The van der Waals surface area contributed by atoms with Gasteiger partial charge in [0.15, 0.2) is 9.84 Å². The predicted octanol–water partition coefficient (Wildman–Crippen LogP) is 3.07. The standard InChI is InChI=1S/C12H18BrNO2S/c1-3-10(13)8-9-14-11-6-4-5-7-12(11)17(2,15)16/h4-7,10,14H,3,8-9H2,1-2H3. The molecule has 1 aromatic carbocycles. The molecule has 1 N–H and O–H groups in total. The Kier molecular flexibility index (Phi) is 5.46. The number of anilines is 1. The number of rotatable bonds is 6. The molecule has 0 aliphatic rings. The Morgan fingerprint density at radius 3 is 2.59 bits per heavy atom. The Bertz CT molecular complexity index is 459. The van der Waals surface area contributed by atoms with Crippen molar-refractivity contribution < 1.29 is 8.42 Å². The molecule has 0 saturated carbocycles. The van der Waals surface area contributed by atoms with E-state index in [9.17, 15) is 8.42 Å². The fourth-order valence-electron chi connectivity index (χ4n) is 1.50. The average molecular weight is 320 g/mol. The van der Waals surface area contributed by atoms with E-state index in [1.165, 1.54) is 6.26 Å². The van der Waals surface area contributed by atoms with Crippen LogP contribution in [-0.4, -0.2) is 26.0 Å². The summed E-state index contributed by atoms with van der Waals surface area (Å²) in [5.74, 6) is 0. The van der Waals surface area contributed by atoms with Gasteiger partial charge >= 0.3 is 0 Å². The van der Waals surface area contributed by atoms with E-state index in [-0.39, 0.29) is 0 Å². The number of hydrogen-bond donors (Lipinski definition) is 1. The molecule has 0 saturated heterocycles. The Morgan fingerprint density at radius 2 is 2.00 bits per heavy atom. The summed E-state index contributed by atoms with van der Waals surface area (Å²) in [7, 11) is -3.16. The van der Waals surface area contributed by atoms with Gasteiger partial charge < -0.3 is 5.32 Å². The van der Waals surface area contributed by atoms with Gasteiger partial charge in [-0.2, -0.15) is 0 Å². The molecule has 0 bridgehead atoms. The minimum atomic E-state index is -3.16. The molecule has 0 fully saturated rings. The molecule has 1 atom stereocenters. The highest BCUT2D eigenvalue weighted by molar-refractivity contribution is 9.09. The van der Waals surface area contributed by atoms with Gasteiger partial charge in [-0.1, -0.05) is 35.0 Å². The molecule has 0 aromatic heterocycles. The van der Waals surface area contributed by atoms with Crippen molar-refractivity contribution in [3.63, 3.8) is 0 Å². The first-order valence-corrected chi connectivity index (χ1v) is 8.43. The van der Waals surface area contributed by atoms with Gasteiger partial charge in [0, 0.05) is 17.6 Å². The van der Waals surface area contributed by atoms with Gasteiger partial charge in [0.1, 0.15) is 0 Å². The molecule has 0 heterocycles. The van der Waals surface area contributed by atoms with Crippen molar-refractivity contribution in [2.75, 3.05) is 18.1 Å². The minimum absolute atomic E-state index is 0.364. The molecular weight excluding hydrogens is 302 g/mol. The smallest absolute Gasteiger partial charge is 0.177 e. The summed E-state index contributed by atoms with van der Waals surface area (Å²) < 4.78 is 23.1. The number of para-hydroxylation sites is 1.